The molecular weight excluding hydrogens is 270 g/mol. The van der Waals surface area contributed by atoms with Gasteiger partial charge in [-0.3, -0.25) is 0 Å². The molecule has 2 heteroatoms. The maximum absolute atomic E-state index is 5.72. The predicted molar refractivity (Wildman–Crippen MR) is 94.9 cm³/mol. The van der Waals surface area contributed by atoms with Gasteiger partial charge in [-0.2, -0.15) is 0 Å². The molecule has 0 bridgehead atoms. The fourth-order valence-corrected chi connectivity index (χ4v) is 2.22. The van der Waals surface area contributed by atoms with E-state index >= 15 is 0 Å². The molecule has 0 unspecified atom stereocenters. The van der Waals surface area contributed by atoms with Gasteiger partial charge in [0, 0.05) is 12.2 Å². The maximum atomic E-state index is 5.72. The van der Waals surface area contributed by atoms with Crippen LogP contribution in [0.15, 0.2) is 48.5 Å². The molecule has 0 amide bonds. The Morgan fingerprint density at radius 1 is 0.909 bits per heavy atom. The Hall–Kier alpha value is -1.96. The summed E-state index contributed by atoms with van der Waals surface area (Å²) >= 11 is 0. The smallest absolute Gasteiger partial charge is 0.119 e. The molecule has 0 aromatic heterocycles. The Balaban J connectivity index is 1.69. The highest BCUT2D eigenvalue weighted by atomic mass is 16.5. The summed E-state index contributed by atoms with van der Waals surface area (Å²) in [5.74, 6) is 0.945. The lowest BCUT2D eigenvalue weighted by Crippen LogP contribution is -2.11. The molecule has 0 aliphatic carbocycles. The summed E-state index contributed by atoms with van der Waals surface area (Å²) in [5.41, 5.74) is 4.00. The minimum absolute atomic E-state index is 0.209. The van der Waals surface area contributed by atoms with Crippen molar-refractivity contribution in [2.24, 2.45) is 0 Å². The third-order valence-electron chi connectivity index (χ3n) is 3.69. The highest BCUT2D eigenvalue weighted by Gasteiger charge is 2.12. The number of benzene rings is 2. The van der Waals surface area contributed by atoms with Crippen molar-refractivity contribution in [2.45, 2.75) is 39.5 Å². The average molecular weight is 297 g/mol. The third kappa shape index (κ3) is 5.10. The van der Waals surface area contributed by atoms with Crippen molar-refractivity contribution < 1.29 is 4.74 Å². The van der Waals surface area contributed by atoms with Crippen LogP contribution in [0.2, 0.25) is 0 Å². The molecule has 0 fully saturated rings. The van der Waals surface area contributed by atoms with Crippen LogP contribution in [0.25, 0.3) is 0 Å². The number of anilines is 1. The summed E-state index contributed by atoms with van der Waals surface area (Å²) < 4.78 is 5.72. The van der Waals surface area contributed by atoms with Gasteiger partial charge < -0.3 is 10.1 Å². The minimum Gasteiger partial charge on any atom is -0.494 e. The van der Waals surface area contributed by atoms with Crippen LogP contribution in [0.4, 0.5) is 5.69 Å². The number of hydrogen-bond donors (Lipinski definition) is 1. The monoisotopic (exact) mass is 297 g/mol. The zero-order valence-electron chi connectivity index (χ0n) is 14.1. The van der Waals surface area contributed by atoms with Crippen molar-refractivity contribution in [1.29, 1.82) is 0 Å². The van der Waals surface area contributed by atoms with E-state index in [1.54, 1.807) is 0 Å². The molecule has 0 spiro atoms. The first-order valence-corrected chi connectivity index (χ1v) is 7.99. The molecule has 22 heavy (non-hydrogen) atoms. The molecule has 0 saturated heterocycles. The van der Waals surface area contributed by atoms with Gasteiger partial charge in [-0.05, 0) is 48.6 Å². The van der Waals surface area contributed by atoms with Gasteiger partial charge in [0.2, 0.25) is 0 Å². The summed E-state index contributed by atoms with van der Waals surface area (Å²) in [4.78, 5) is 0. The van der Waals surface area contributed by atoms with E-state index in [2.05, 4.69) is 69.4 Å². The lowest BCUT2D eigenvalue weighted by molar-refractivity contribution is 0.315. The molecule has 2 aromatic carbocycles. The highest BCUT2D eigenvalue weighted by Crippen LogP contribution is 2.23. The van der Waals surface area contributed by atoms with Crippen LogP contribution in [0.1, 0.15) is 38.3 Å². The lowest BCUT2D eigenvalue weighted by Gasteiger charge is -2.19. The van der Waals surface area contributed by atoms with Crippen molar-refractivity contribution in [3.8, 4) is 5.75 Å². The van der Waals surface area contributed by atoms with Crippen LogP contribution in [0.3, 0.4) is 0 Å². The molecular formula is C20H27NO. The van der Waals surface area contributed by atoms with Gasteiger partial charge in [-0.25, -0.2) is 0 Å². The zero-order valence-corrected chi connectivity index (χ0v) is 14.1. The Morgan fingerprint density at radius 2 is 1.55 bits per heavy atom. The van der Waals surface area contributed by atoms with E-state index in [-0.39, 0.29) is 5.41 Å². The Morgan fingerprint density at radius 3 is 2.14 bits per heavy atom. The fourth-order valence-electron chi connectivity index (χ4n) is 2.22. The first-order valence-electron chi connectivity index (χ1n) is 7.99. The van der Waals surface area contributed by atoms with E-state index in [9.17, 15) is 0 Å². The van der Waals surface area contributed by atoms with Gasteiger partial charge in [0.15, 0.2) is 0 Å². The van der Waals surface area contributed by atoms with E-state index in [0.717, 1.165) is 25.3 Å². The molecule has 0 aliphatic heterocycles. The summed E-state index contributed by atoms with van der Waals surface area (Å²) in [5, 5.41) is 3.44. The van der Waals surface area contributed by atoms with E-state index < -0.39 is 0 Å². The van der Waals surface area contributed by atoms with Gasteiger partial charge >= 0.3 is 0 Å². The standard InChI is InChI=1S/C20H27NO/c1-16-6-12-19(13-7-16)22-15-5-14-21-18-10-8-17(9-11-18)20(2,3)4/h6-13,21H,5,14-15H2,1-4H3. The van der Waals surface area contributed by atoms with E-state index in [4.69, 9.17) is 4.74 Å². The zero-order chi connectivity index (χ0) is 16.0. The third-order valence-corrected chi connectivity index (χ3v) is 3.69. The first kappa shape index (κ1) is 16.4. The van der Waals surface area contributed by atoms with E-state index in [1.807, 2.05) is 12.1 Å². The largest absolute Gasteiger partial charge is 0.494 e. The topological polar surface area (TPSA) is 21.3 Å². The first-order chi connectivity index (χ1) is 10.4. The Labute approximate surface area is 134 Å². The van der Waals surface area contributed by atoms with Crippen molar-refractivity contribution >= 4 is 5.69 Å². The second-order valence-electron chi connectivity index (χ2n) is 6.77. The van der Waals surface area contributed by atoms with Crippen LogP contribution in [0.5, 0.6) is 5.75 Å². The number of nitrogens with one attached hydrogen (secondary N) is 1. The average Bonchev–Trinajstić information content (AvgIpc) is 2.48. The Kier molecular flexibility index (Phi) is 5.48. The molecule has 0 saturated carbocycles. The second kappa shape index (κ2) is 7.35. The van der Waals surface area contributed by atoms with Crippen LogP contribution >= 0.6 is 0 Å². The van der Waals surface area contributed by atoms with Crippen molar-refractivity contribution in [3.63, 3.8) is 0 Å². The normalized spacial score (nSPS) is 11.3. The van der Waals surface area contributed by atoms with Crippen LogP contribution in [-0.4, -0.2) is 13.2 Å². The Bertz CT molecular complexity index is 564. The van der Waals surface area contributed by atoms with E-state index in [0.29, 0.717) is 0 Å². The highest BCUT2D eigenvalue weighted by molar-refractivity contribution is 5.45. The van der Waals surface area contributed by atoms with Crippen LogP contribution in [-0.2, 0) is 5.41 Å². The predicted octanol–water partition coefficient (Wildman–Crippen LogP) is 5.17. The van der Waals surface area contributed by atoms with Gasteiger partial charge in [-0.15, -0.1) is 0 Å². The number of ether oxygens (including phenoxy) is 1. The van der Waals surface area contributed by atoms with Crippen molar-refractivity contribution in [1.82, 2.24) is 0 Å². The number of hydrogen-bond acceptors (Lipinski definition) is 2. The number of rotatable bonds is 6. The maximum Gasteiger partial charge on any atom is 0.119 e. The molecule has 2 aromatic rings. The molecule has 2 rings (SSSR count). The summed E-state index contributed by atoms with van der Waals surface area (Å²) in [6.45, 7) is 10.4. The molecule has 118 valence electrons. The van der Waals surface area contributed by atoms with Crippen molar-refractivity contribution in [2.75, 3.05) is 18.5 Å². The molecule has 2 nitrogen and oxygen atoms in total. The molecule has 0 atom stereocenters. The molecule has 1 N–H and O–H groups in total. The molecule has 0 aliphatic rings. The van der Waals surface area contributed by atoms with Gasteiger partial charge in [0.1, 0.15) is 5.75 Å². The number of aryl methyl sites for hydroxylation is 1. The lowest BCUT2D eigenvalue weighted by atomic mass is 9.87. The van der Waals surface area contributed by atoms with Crippen LogP contribution in [0, 0.1) is 6.92 Å². The van der Waals surface area contributed by atoms with Gasteiger partial charge in [-0.1, -0.05) is 50.6 Å². The summed E-state index contributed by atoms with van der Waals surface area (Å²) in [6, 6.07) is 16.9. The SMILES string of the molecule is Cc1ccc(OCCCNc2ccc(C(C)(C)C)cc2)cc1. The van der Waals surface area contributed by atoms with Gasteiger partial charge in [0.05, 0.1) is 6.61 Å². The minimum atomic E-state index is 0.209. The van der Waals surface area contributed by atoms with Crippen LogP contribution < -0.4 is 10.1 Å². The summed E-state index contributed by atoms with van der Waals surface area (Å²) in [7, 11) is 0. The summed E-state index contributed by atoms with van der Waals surface area (Å²) in [6.07, 6.45) is 0.981. The quantitative estimate of drug-likeness (QED) is 0.742. The van der Waals surface area contributed by atoms with Crippen molar-refractivity contribution in [3.05, 3.63) is 59.7 Å². The fraction of sp³-hybridized carbons (Fsp3) is 0.400. The van der Waals surface area contributed by atoms with E-state index in [1.165, 1.54) is 16.8 Å². The molecule has 0 heterocycles. The second-order valence-corrected chi connectivity index (χ2v) is 6.77. The molecule has 0 radical (unpaired) electrons. The van der Waals surface area contributed by atoms with Gasteiger partial charge in [0.25, 0.3) is 0 Å².